The van der Waals surface area contributed by atoms with Gasteiger partial charge >= 0.3 is 12.4 Å². The Labute approximate surface area is 229 Å². The van der Waals surface area contributed by atoms with Gasteiger partial charge in [-0.25, -0.2) is 0 Å². The first-order valence-electron chi connectivity index (χ1n) is 12.7. The first-order chi connectivity index (χ1) is 18.9. The van der Waals surface area contributed by atoms with Crippen LogP contribution in [-0.2, 0) is 23.7 Å². The van der Waals surface area contributed by atoms with Gasteiger partial charge in [0.05, 0.1) is 40.3 Å². The van der Waals surface area contributed by atoms with Crippen LogP contribution in [0.2, 0.25) is 0 Å². The molecule has 210 valence electrons. The molecule has 4 saturated heterocycles. The third kappa shape index (κ3) is 5.36. The third-order valence-corrected chi connectivity index (χ3v) is 8.51. The number of nitrogens with zero attached hydrogens (tertiary/aromatic N) is 4. The Morgan fingerprint density at radius 2 is 1.82 bits per heavy atom. The highest BCUT2D eigenvalue weighted by Gasteiger charge is 2.38. The Bertz CT molecular complexity index is 1530. The second kappa shape index (κ2) is 9.95. The molecule has 13 heteroatoms. The molecule has 0 radical (unpaired) electrons. The molecule has 4 aliphatic heterocycles. The summed E-state index contributed by atoms with van der Waals surface area (Å²) in [5, 5.41) is 8.20. The molecule has 6 nitrogen and oxygen atoms in total. The van der Waals surface area contributed by atoms with Crippen LogP contribution in [0.5, 0.6) is 0 Å². The van der Waals surface area contributed by atoms with E-state index in [1.807, 2.05) is 0 Å². The van der Waals surface area contributed by atoms with Crippen LogP contribution >= 0.6 is 11.8 Å². The molecule has 0 spiro atoms. The summed E-state index contributed by atoms with van der Waals surface area (Å²) >= 11 is 1.28. The molecule has 4 aliphatic rings. The van der Waals surface area contributed by atoms with Gasteiger partial charge < -0.3 is 10.2 Å². The standard InChI is InChI=1S/C27H23F6N5OS/c28-26(29,30)19-3-2-17(20(11-19)27(31,32)33)13-38-22-4-1-15(9-18(22)12-34-38)10-23-24(39)36-25(40-23)35-21-14-37-7-5-16(21)6-8-37/h1-4,9-12,16,21H,5-8,13-14H2,(H,35,36,39). The lowest BCUT2D eigenvalue weighted by atomic mass is 9.84. The molecule has 1 aromatic heterocycles. The molecule has 2 aromatic carbocycles. The number of carbonyl (C=O) groups excluding carboxylic acids is 1. The van der Waals surface area contributed by atoms with E-state index in [9.17, 15) is 31.1 Å². The van der Waals surface area contributed by atoms with Gasteiger partial charge in [0.1, 0.15) is 0 Å². The fourth-order valence-corrected chi connectivity index (χ4v) is 6.39. The SMILES string of the molecule is O=C1NC(=NC2CN3CCC2CC3)SC1=Cc1ccc2c(cnn2Cc2ccc(C(F)(F)F)cc2C(F)(F)F)c1. The van der Waals surface area contributed by atoms with E-state index in [4.69, 9.17) is 4.99 Å². The van der Waals surface area contributed by atoms with Crippen molar-refractivity contribution in [1.29, 1.82) is 0 Å². The van der Waals surface area contributed by atoms with Crippen molar-refractivity contribution in [3.05, 3.63) is 69.8 Å². The molecule has 1 amide bonds. The number of benzene rings is 2. The van der Waals surface area contributed by atoms with E-state index >= 15 is 0 Å². The molecule has 0 aliphatic carbocycles. The third-order valence-electron chi connectivity index (χ3n) is 7.58. The van der Waals surface area contributed by atoms with Crippen molar-refractivity contribution in [2.24, 2.45) is 10.9 Å². The van der Waals surface area contributed by atoms with Gasteiger partial charge in [-0.1, -0.05) is 12.1 Å². The van der Waals surface area contributed by atoms with Gasteiger partial charge in [-0.3, -0.25) is 14.5 Å². The highest BCUT2D eigenvalue weighted by Crippen LogP contribution is 2.38. The Balaban J connectivity index is 1.22. The van der Waals surface area contributed by atoms with E-state index in [1.165, 1.54) is 22.6 Å². The lowest BCUT2D eigenvalue weighted by Gasteiger charge is -2.43. The van der Waals surface area contributed by atoms with E-state index in [0.717, 1.165) is 38.5 Å². The van der Waals surface area contributed by atoms with E-state index in [1.54, 1.807) is 24.3 Å². The summed E-state index contributed by atoms with van der Waals surface area (Å²) in [6.45, 7) is 2.74. The number of rotatable bonds is 4. The zero-order chi connectivity index (χ0) is 28.2. The minimum atomic E-state index is -4.96. The summed E-state index contributed by atoms with van der Waals surface area (Å²) in [5.74, 6) is 0.291. The van der Waals surface area contributed by atoms with Crippen LogP contribution in [0.4, 0.5) is 26.3 Å². The number of piperidine rings is 3. The van der Waals surface area contributed by atoms with Gasteiger partial charge in [-0.15, -0.1) is 0 Å². The summed E-state index contributed by atoms with van der Waals surface area (Å²) in [7, 11) is 0. The maximum Gasteiger partial charge on any atom is 0.416 e. The summed E-state index contributed by atoms with van der Waals surface area (Å²) < 4.78 is 81.1. The van der Waals surface area contributed by atoms with Crippen molar-refractivity contribution in [1.82, 2.24) is 20.0 Å². The second-order valence-corrected chi connectivity index (χ2v) is 11.2. The van der Waals surface area contributed by atoms with Gasteiger partial charge in [0, 0.05) is 11.9 Å². The number of amidine groups is 1. The van der Waals surface area contributed by atoms with Crippen molar-refractivity contribution in [3.8, 4) is 0 Å². The van der Waals surface area contributed by atoms with Crippen molar-refractivity contribution < 1.29 is 31.1 Å². The predicted molar refractivity (Wildman–Crippen MR) is 139 cm³/mol. The Hall–Kier alpha value is -3.32. The highest BCUT2D eigenvalue weighted by atomic mass is 32.2. The van der Waals surface area contributed by atoms with Crippen LogP contribution in [0.1, 0.15) is 35.1 Å². The molecular formula is C27H23F6N5OS. The number of thioether (sulfide) groups is 1. The van der Waals surface area contributed by atoms with Crippen LogP contribution in [0.15, 0.2) is 52.5 Å². The average molecular weight is 580 g/mol. The molecule has 1 N–H and O–H groups in total. The van der Waals surface area contributed by atoms with E-state index in [2.05, 4.69) is 15.3 Å². The number of aliphatic imine (C=N–C) groups is 1. The first kappa shape index (κ1) is 26.9. The largest absolute Gasteiger partial charge is 0.416 e. The van der Waals surface area contributed by atoms with Gasteiger partial charge in [0.2, 0.25) is 0 Å². The molecule has 3 aromatic rings. The minimum absolute atomic E-state index is 0.129. The van der Waals surface area contributed by atoms with Crippen molar-refractivity contribution in [2.75, 3.05) is 19.6 Å². The zero-order valence-electron chi connectivity index (χ0n) is 20.9. The monoisotopic (exact) mass is 579 g/mol. The topological polar surface area (TPSA) is 62.5 Å². The van der Waals surface area contributed by atoms with Crippen LogP contribution in [0, 0.1) is 5.92 Å². The second-order valence-electron chi connectivity index (χ2n) is 10.2. The number of alkyl halides is 6. The quantitative estimate of drug-likeness (QED) is 0.315. The fraction of sp³-hybridized carbons (Fsp3) is 0.370. The summed E-state index contributed by atoms with van der Waals surface area (Å²) in [6, 6.07) is 6.90. The lowest BCUT2D eigenvalue weighted by Crippen LogP contribution is -2.50. The number of carbonyl (C=O) groups is 1. The van der Waals surface area contributed by atoms with Crippen LogP contribution in [0.3, 0.4) is 0 Å². The molecule has 0 saturated carbocycles. The van der Waals surface area contributed by atoms with Crippen molar-refractivity contribution in [2.45, 2.75) is 37.8 Å². The summed E-state index contributed by atoms with van der Waals surface area (Å²) in [4.78, 5) is 20.3. The smallest absolute Gasteiger partial charge is 0.301 e. The number of hydrogen-bond acceptors (Lipinski definition) is 5. The van der Waals surface area contributed by atoms with E-state index < -0.39 is 23.5 Å². The van der Waals surface area contributed by atoms with Crippen LogP contribution in [-0.4, -0.2) is 51.4 Å². The van der Waals surface area contributed by atoms with Gasteiger partial charge in [-0.05, 0) is 85.1 Å². The molecule has 4 fully saturated rings. The van der Waals surface area contributed by atoms with Crippen LogP contribution < -0.4 is 5.32 Å². The number of amides is 1. The lowest BCUT2D eigenvalue weighted by molar-refractivity contribution is -0.143. The number of halogens is 6. The molecule has 7 rings (SSSR count). The molecular weight excluding hydrogens is 556 g/mol. The zero-order valence-corrected chi connectivity index (χ0v) is 21.7. The molecule has 1 atom stereocenters. The van der Waals surface area contributed by atoms with Gasteiger partial charge in [-0.2, -0.15) is 31.4 Å². The number of fused-ring (bicyclic) bond motifs is 4. The molecule has 40 heavy (non-hydrogen) atoms. The Morgan fingerprint density at radius 1 is 1.05 bits per heavy atom. The molecule has 5 heterocycles. The summed E-state index contributed by atoms with van der Waals surface area (Å²) in [6.07, 6.45) is -4.44. The number of aromatic nitrogens is 2. The molecule has 2 bridgehead atoms. The minimum Gasteiger partial charge on any atom is -0.301 e. The van der Waals surface area contributed by atoms with Crippen LogP contribution in [0.25, 0.3) is 17.0 Å². The highest BCUT2D eigenvalue weighted by molar-refractivity contribution is 8.18. The first-order valence-corrected chi connectivity index (χ1v) is 13.5. The van der Waals surface area contributed by atoms with Gasteiger partial charge in [0.15, 0.2) is 5.17 Å². The Morgan fingerprint density at radius 3 is 2.50 bits per heavy atom. The van der Waals surface area contributed by atoms with E-state index in [0.29, 0.717) is 38.5 Å². The average Bonchev–Trinajstić information content (AvgIpc) is 3.45. The fourth-order valence-electron chi connectivity index (χ4n) is 5.51. The van der Waals surface area contributed by atoms with Gasteiger partial charge in [0.25, 0.3) is 5.91 Å². The maximum atomic E-state index is 13.6. The van der Waals surface area contributed by atoms with E-state index in [-0.39, 0.29) is 30.1 Å². The predicted octanol–water partition coefficient (Wildman–Crippen LogP) is 5.78. The van der Waals surface area contributed by atoms with Crippen molar-refractivity contribution in [3.63, 3.8) is 0 Å². The summed E-state index contributed by atoms with van der Waals surface area (Å²) in [5.41, 5.74) is -1.85. The maximum absolute atomic E-state index is 13.6. The Kier molecular flexibility index (Phi) is 6.68. The molecule has 1 unspecified atom stereocenters. The van der Waals surface area contributed by atoms with Crippen molar-refractivity contribution >= 4 is 39.8 Å². The normalized spacial score (nSPS) is 25.4. The number of hydrogen-bond donors (Lipinski definition) is 1. The number of nitrogens with one attached hydrogen (secondary N) is 1.